The molecule has 0 aliphatic carbocycles. The number of rotatable bonds is 5. The molecule has 1 fully saturated rings. The van der Waals surface area contributed by atoms with E-state index in [2.05, 4.69) is 20.2 Å². The third-order valence-electron chi connectivity index (χ3n) is 4.46. The first-order valence-electron chi connectivity index (χ1n) is 8.78. The summed E-state index contributed by atoms with van der Waals surface area (Å²) in [5, 5.41) is 2.87. The van der Waals surface area contributed by atoms with Crippen LogP contribution in [0.4, 0.5) is 5.82 Å². The van der Waals surface area contributed by atoms with E-state index in [1.807, 2.05) is 35.2 Å². The highest BCUT2D eigenvalue weighted by molar-refractivity contribution is 5.92. The lowest BCUT2D eigenvalue weighted by Gasteiger charge is -2.34. The van der Waals surface area contributed by atoms with Gasteiger partial charge in [-0.15, -0.1) is 0 Å². The fourth-order valence-electron chi connectivity index (χ4n) is 2.91. The van der Waals surface area contributed by atoms with Gasteiger partial charge in [0.15, 0.2) is 0 Å². The molecular formula is C19H23N5O2. The quantitative estimate of drug-likeness (QED) is 0.871. The van der Waals surface area contributed by atoms with Gasteiger partial charge in [0.25, 0.3) is 5.91 Å². The topological polar surface area (TPSA) is 78.4 Å². The predicted molar refractivity (Wildman–Crippen MR) is 99.0 cm³/mol. The number of nitrogens with one attached hydrogen (secondary N) is 1. The summed E-state index contributed by atoms with van der Waals surface area (Å²) in [4.78, 5) is 36.0. The minimum atomic E-state index is -0.221. The molecule has 1 aliphatic rings. The molecule has 1 saturated heterocycles. The second-order valence-corrected chi connectivity index (χ2v) is 6.24. The Labute approximate surface area is 153 Å². The molecule has 7 heteroatoms. The van der Waals surface area contributed by atoms with Gasteiger partial charge in [-0.2, -0.15) is 0 Å². The highest BCUT2D eigenvalue weighted by Gasteiger charge is 2.20. The second-order valence-electron chi connectivity index (χ2n) is 6.24. The van der Waals surface area contributed by atoms with Crippen LogP contribution in [0.15, 0.2) is 42.7 Å². The SMILES string of the molecule is CC(=O)N1CCN(c2cnc(C(=O)NCCc3ccccc3)cn2)CC1. The molecule has 3 rings (SSSR count). The van der Waals surface area contributed by atoms with Gasteiger partial charge in [0, 0.05) is 39.6 Å². The molecule has 1 aromatic carbocycles. The van der Waals surface area contributed by atoms with Crippen molar-refractivity contribution in [2.45, 2.75) is 13.3 Å². The van der Waals surface area contributed by atoms with Crippen molar-refractivity contribution < 1.29 is 9.59 Å². The first-order chi connectivity index (χ1) is 12.6. The van der Waals surface area contributed by atoms with Gasteiger partial charge in [0.05, 0.1) is 12.4 Å². The Hall–Kier alpha value is -2.96. The summed E-state index contributed by atoms with van der Waals surface area (Å²) in [6, 6.07) is 10.0. The Bertz CT molecular complexity index is 740. The van der Waals surface area contributed by atoms with Crippen LogP contribution in [-0.4, -0.2) is 59.4 Å². The molecule has 2 aromatic rings. The highest BCUT2D eigenvalue weighted by Crippen LogP contribution is 2.12. The molecule has 0 spiro atoms. The number of nitrogens with zero attached hydrogens (tertiary/aromatic N) is 4. The Balaban J connectivity index is 1.49. The first-order valence-corrected chi connectivity index (χ1v) is 8.78. The number of amides is 2. The second kappa shape index (κ2) is 8.42. The normalized spacial score (nSPS) is 14.2. The molecule has 0 atom stereocenters. The van der Waals surface area contributed by atoms with E-state index in [-0.39, 0.29) is 11.8 Å². The number of hydrogen-bond donors (Lipinski definition) is 1. The Morgan fingerprint density at radius 3 is 2.38 bits per heavy atom. The van der Waals surface area contributed by atoms with Crippen molar-refractivity contribution in [1.82, 2.24) is 20.2 Å². The van der Waals surface area contributed by atoms with Gasteiger partial charge in [-0.1, -0.05) is 30.3 Å². The van der Waals surface area contributed by atoms with E-state index in [1.165, 1.54) is 11.8 Å². The van der Waals surface area contributed by atoms with Crippen LogP contribution in [0, 0.1) is 0 Å². The van der Waals surface area contributed by atoms with Crippen LogP contribution >= 0.6 is 0 Å². The lowest BCUT2D eigenvalue weighted by molar-refractivity contribution is -0.129. The Morgan fingerprint density at radius 1 is 1.04 bits per heavy atom. The van der Waals surface area contributed by atoms with Crippen molar-refractivity contribution >= 4 is 17.6 Å². The molecule has 2 heterocycles. The standard InChI is InChI=1S/C19H23N5O2/c1-15(25)23-9-11-24(12-10-23)18-14-21-17(13-22-18)19(26)20-8-7-16-5-3-2-4-6-16/h2-6,13-14H,7-12H2,1H3,(H,20,26). The van der Waals surface area contributed by atoms with Crippen molar-refractivity contribution in [3.05, 3.63) is 54.0 Å². The molecule has 26 heavy (non-hydrogen) atoms. The van der Waals surface area contributed by atoms with Crippen molar-refractivity contribution in [2.75, 3.05) is 37.6 Å². The minimum Gasteiger partial charge on any atom is -0.352 e. The Morgan fingerprint density at radius 2 is 1.77 bits per heavy atom. The van der Waals surface area contributed by atoms with Crippen molar-refractivity contribution in [3.63, 3.8) is 0 Å². The molecule has 0 unspecified atom stereocenters. The predicted octanol–water partition coefficient (Wildman–Crippen LogP) is 1.12. The zero-order valence-corrected chi connectivity index (χ0v) is 14.9. The summed E-state index contributed by atoms with van der Waals surface area (Å²) < 4.78 is 0. The minimum absolute atomic E-state index is 0.0956. The molecular weight excluding hydrogens is 330 g/mol. The van der Waals surface area contributed by atoms with Crippen molar-refractivity contribution in [3.8, 4) is 0 Å². The van der Waals surface area contributed by atoms with Crippen LogP contribution in [0.3, 0.4) is 0 Å². The van der Waals surface area contributed by atoms with E-state index in [9.17, 15) is 9.59 Å². The number of aromatic nitrogens is 2. The van der Waals surface area contributed by atoms with Crippen LogP contribution < -0.4 is 10.2 Å². The number of carbonyl (C=O) groups excluding carboxylic acids is 2. The molecule has 1 N–H and O–H groups in total. The number of benzene rings is 1. The zero-order valence-electron chi connectivity index (χ0n) is 14.9. The van der Waals surface area contributed by atoms with E-state index < -0.39 is 0 Å². The van der Waals surface area contributed by atoms with Gasteiger partial charge in [0.2, 0.25) is 5.91 Å². The van der Waals surface area contributed by atoms with E-state index >= 15 is 0 Å². The maximum absolute atomic E-state index is 12.2. The monoisotopic (exact) mass is 353 g/mol. The first kappa shape index (κ1) is 17.8. The smallest absolute Gasteiger partial charge is 0.271 e. The van der Waals surface area contributed by atoms with E-state index in [1.54, 1.807) is 13.1 Å². The summed E-state index contributed by atoms with van der Waals surface area (Å²) >= 11 is 0. The summed E-state index contributed by atoms with van der Waals surface area (Å²) in [6.45, 7) is 4.94. The molecule has 0 bridgehead atoms. The fraction of sp³-hybridized carbons (Fsp3) is 0.368. The summed E-state index contributed by atoms with van der Waals surface area (Å²) in [5.74, 6) is 0.605. The van der Waals surface area contributed by atoms with Gasteiger partial charge >= 0.3 is 0 Å². The molecule has 136 valence electrons. The van der Waals surface area contributed by atoms with Crippen LogP contribution in [0.1, 0.15) is 23.0 Å². The van der Waals surface area contributed by atoms with Gasteiger partial charge in [-0.3, -0.25) is 9.59 Å². The molecule has 2 amide bonds. The van der Waals surface area contributed by atoms with Crippen molar-refractivity contribution in [1.29, 1.82) is 0 Å². The van der Waals surface area contributed by atoms with Gasteiger partial charge in [-0.05, 0) is 12.0 Å². The number of anilines is 1. The summed E-state index contributed by atoms with van der Waals surface area (Å²) in [7, 11) is 0. The molecule has 0 radical (unpaired) electrons. The molecule has 1 aliphatic heterocycles. The molecule has 1 aromatic heterocycles. The highest BCUT2D eigenvalue weighted by atomic mass is 16.2. The third-order valence-corrected chi connectivity index (χ3v) is 4.46. The average molecular weight is 353 g/mol. The van der Waals surface area contributed by atoms with Gasteiger partial charge in [0.1, 0.15) is 11.5 Å². The maximum Gasteiger partial charge on any atom is 0.271 e. The van der Waals surface area contributed by atoms with E-state index in [0.717, 1.165) is 25.3 Å². The number of piperazine rings is 1. The average Bonchev–Trinajstić information content (AvgIpc) is 2.69. The zero-order chi connectivity index (χ0) is 18.4. The fourth-order valence-corrected chi connectivity index (χ4v) is 2.91. The van der Waals surface area contributed by atoms with E-state index in [0.29, 0.717) is 25.3 Å². The van der Waals surface area contributed by atoms with Gasteiger partial charge in [-0.25, -0.2) is 9.97 Å². The molecule has 0 saturated carbocycles. The third kappa shape index (κ3) is 4.56. The number of hydrogen-bond acceptors (Lipinski definition) is 5. The van der Waals surface area contributed by atoms with Crippen LogP contribution in [0.2, 0.25) is 0 Å². The van der Waals surface area contributed by atoms with Crippen molar-refractivity contribution in [2.24, 2.45) is 0 Å². The van der Waals surface area contributed by atoms with Gasteiger partial charge < -0.3 is 15.1 Å². The lowest BCUT2D eigenvalue weighted by Crippen LogP contribution is -2.48. The summed E-state index contributed by atoms with van der Waals surface area (Å²) in [5.41, 5.74) is 1.49. The van der Waals surface area contributed by atoms with Crippen LogP contribution in [0.5, 0.6) is 0 Å². The van der Waals surface area contributed by atoms with Crippen LogP contribution in [0.25, 0.3) is 0 Å². The largest absolute Gasteiger partial charge is 0.352 e. The maximum atomic E-state index is 12.2. The van der Waals surface area contributed by atoms with E-state index in [4.69, 9.17) is 0 Å². The summed E-state index contributed by atoms with van der Waals surface area (Å²) in [6.07, 6.45) is 3.90. The lowest BCUT2D eigenvalue weighted by atomic mass is 10.1. The Kier molecular flexibility index (Phi) is 5.78. The number of carbonyl (C=O) groups is 2. The van der Waals surface area contributed by atoms with Crippen LogP contribution in [-0.2, 0) is 11.2 Å². The molecule has 7 nitrogen and oxygen atoms in total.